The van der Waals surface area contributed by atoms with Gasteiger partial charge in [0.1, 0.15) is 5.75 Å². The number of halogens is 1. The van der Waals surface area contributed by atoms with Gasteiger partial charge in [-0.1, -0.05) is 27.2 Å². The largest absolute Gasteiger partial charge is 0.434 e. The van der Waals surface area contributed by atoms with Crippen molar-refractivity contribution >= 4 is 27.5 Å². The molecule has 0 saturated heterocycles. The molecule has 1 aromatic heterocycles. The Kier molecular flexibility index (Phi) is 4.33. The van der Waals surface area contributed by atoms with E-state index in [1.165, 1.54) is 6.20 Å². The molecule has 0 fully saturated rings. The summed E-state index contributed by atoms with van der Waals surface area (Å²) >= 11 is 3.27. The number of nitro groups is 1. The topological polar surface area (TPSA) is 124 Å². The fourth-order valence-electron chi connectivity index (χ4n) is 1.49. The molecular weight excluding hydrogens is 344 g/mol. The molecule has 0 bridgehead atoms. The average molecular weight is 353 g/mol. The highest BCUT2D eigenvalue weighted by Gasteiger charge is 2.20. The highest BCUT2D eigenvalue weighted by molar-refractivity contribution is 9.10. The highest BCUT2D eigenvalue weighted by Crippen LogP contribution is 2.30. The molecule has 1 aromatic carbocycles. The maximum atomic E-state index is 11.1. The Morgan fingerprint density at radius 3 is 2.86 bits per heavy atom. The lowest BCUT2D eigenvalue weighted by atomic mass is 10.2. The van der Waals surface area contributed by atoms with Crippen molar-refractivity contribution in [1.29, 1.82) is 0 Å². The van der Waals surface area contributed by atoms with Gasteiger partial charge in [0.15, 0.2) is 5.84 Å². The number of oxime groups is 1. The highest BCUT2D eigenvalue weighted by atomic mass is 79.9. The van der Waals surface area contributed by atoms with Gasteiger partial charge in [-0.2, -0.15) is 0 Å². The number of nitrogens with zero attached hydrogens (tertiary/aromatic N) is 3. The Morgan fingerprint density at radius 1 is 1.48 bits per heavy atom. The number of hydrogen-bond donors (Lipinski definition) is 2. The van der Waals surface area contributed by atoms with E-state index in [1.54, 1.807) is 24.3 Å². The second-order valence-corrected chi connectivity index (χ2v) is 4.77. The summed E-state index contributed by atoms with van der Waals surface area (Å²) in [6, 6.07) is 7.90. The van der Waals surface area contributed by atoms with Crippen LogP contribution in [0.15, 0.2) is 46.2 Å². The number of hydrogen-bond acceptors (Lipinski definition) is 6. The monoisotopic (exact) mass is 352 g/mol. The van der Waals surface area contributed by atoms with Crippen molar-refractivity contribution in [3.8, 4) is 11.6 Å². The fourth-order valence-corrected chi connectivity index (χ4v) is 1.87. The predicted molar refractivity (Wildman–Crippen MR) is 77.6 cm³/mol. The first-order valence-corrected chi connectivity index (χ1v) is 6.36. The van der Waals surface area contributed by atoms with Crippen molar-refractivity contribution in [2.75, 3.05) is 0 Å². The Hall–Kier alpha value is -2.68. The Morgan fingerprint density at radius 2 is 2.24 bits per heavy atom. The zero-order valence-electron chi connectivity index (χ0n) is 10.4. The van der Waals surface area contributed by atoms with Crippen LogP contribution >= 0.6 is 15.9 Å². The van der Waals surface area contributed by atoms with Crippen LogP contribution in [-0.2, 0) is 0 Å². The molecule has 2 aromatic rings. The zero-order chi connectivity index (χ0) is 15.4. The molecule has 0 aliphatic rings. The molecule has 0 spiro atoms. The number of pyridine rings is 1. The van der Waals surface area contributed by atoms with Gasteiger partial charge in [-0.15, -0.1) is 0 Å². The molecule has 9 heteroatoms. The minimum absolute atomic E-state index is 0.116. The van der Waals surface area contributed by atoms with E-state index >= 15 is 0 Å². The summed E-state index contributed by atoms with van der Waals surface area (Å²) in [4.78, 5) is 14.3. The van der Waals surface area contributed by atoms with Crippen molar-refractivity contribution < 1.29 is 14.9 Å². The van der Waals surface area contributed by atoms with E-state index in [1.807, 2.05) is 0 Å². The van der Waals surface area contributed by atoms with Gasteiger partial charge in [0.2, 0.25) is 0 Å². The second-order valence-electron chi connectivity index (χ2n) is 3.85. The molecule has 0 radical (unpaired) electrons. The molecule has 0 saturated carbocycles. The normalized spacial score (nSPS) is 11.2. The smallest absolute Gasteiger partial charge is 0.332 e. The van der Waals surface area contributed by atoms with E-state index in [0.29, 0.717) is 5.75 Å². The summed E-state index contributed by atoms with van der Waals surface area (Å²) in [5, 5.41) is 22.4. The lowest BCUT2D eigenvalue weighted by Crippen LogP contribution is -2.14. The SMILES string of the molecule is N/C(=N/O)c1cnc(Oc2cccc(Br)c2)c([N+](=O)[O-])c1. The van der Waals surface area contributed by atoms with Crippen LogP contribution in [0.25, 0.3) is 0 Å². The van der Waals surface area contributed by atoms with Crippen molar-refractivity contribution in [3.05, 3.63) is 56.7 Å². The van der Waals surface area contributed by atoms with Crippen molar-refractivity contribution in [1.82, 2.24) is 4.98 Å². The number of rotatable bonds is 4. The van der Waals surface area contributed by atoms with Gasteiger partial charge < -0.3 is 15.7 Å². The maximum Gasteiger partial charge on any atom is 0.332 e. The third-order valence-corrected chi connectivity index (χ3v) is 2.94. The fraction of sp³-hybridized carbons (Fsp3) is 0. The standard InChI is InChI=1S/C12H9BrN4O4/c13-8-2-1-3-9(5-8)21-12-10(17(19)20)4-7(6-15-12)11(14)16-18/h1-6,18H,(H2,14,16). The van der Waals surface area contributed by atoms with Gasteiger partial charge in [-0.25, -0.2) is 4.98 Å². The number of nitrogens with two attached hydrogens (primary N) is 1. The molecular formula is C12H9BrN4O4. The van der Waals surface area contributed by atoms with Crippen LogP contribution in [0.4, 0.5) is 5.69 Å². The molecule has 1 heterocycles. The first-order valence-electron chi connectivity index (χ1n) is 5.57. The summed E-state index contributed by atoms with van der Waals surface area (Å²) in [6.45, 7) is 0. The second kappa shape index (κ2) is 6.18. The van der Waals surface area contributed by atoms with Gasteiger partial charge >= 0.3 is 5.69 Å². The van der Waals surface area contributed by atoms with Gasteiger partial charge in [0.05, 0.1) is 4.92 Å². The van der Waals surface area contributed by atoms with Crippen molar-refractivity contribution in [2.24, 2.45) is 10.9 Å². The molecule has 108 valence electrons. The minimum atomic E-state index is -0.658. The van der Waals surface area contributed by atoms with Gasteiger partial charge in [-0.3, -0.25) is 10.1 Å². The molecule has 3 N–H and O–H groups in total. The summed E-state index contributed by atoms with van der Waals surface area (Å²) in [6.07, 6.45) is 1.22. The van der Waals surface area contributed by atoms with Crippen molar-refractivity contribution in [3.63, 3.8) is 0 Å². The third kappa shape index (κ3) is 3.45. The van der Waals surface area contributed by atoms with Crippen LogP contribution in [-0.4, -0.2) is 21.0 Å². The van der Waals surface area contributed by atoms with E-state index in [0.717, 1.165) is 10.5 Å². The maximum absolute atomic E-state index is 11.1. The van der Waals surface area contributed by atoms with E-state index in [4.69, 9.17) is 15.7 Å². The number of aromatic nitrogens is 1. The lowest BCUT2D eigenvalue weighted by Gasteiger charge is -2.06. The van der Waals surface area contributed by atoms with Gasteiger partial charge in [-0.05, 0) is 18.2 Å². The number of amidine groups is 1. The van der Waals surface area contributed by atoms with Crippen LogP contribution in [0.1, 0.15) is 5.56 Å². The Balaban J connectivity index is 2.41. The molecule has 0 atom stereocenters. The lowest BCUT2D eigenvalue weighted by molar-refractivity contribution is -0.386. The van der Waals surface area contributed by atoms with Crippen LogP contribution in [0.5, 0.6) is 11.6 Å². The quantitative estimate of drug-likeness (QED) is 0.286. The van der Waals surface area contributed by atoms with Crippen LogP contribution in [0.3, 0.4) is 0 Å². The van der Waals surface area contributed by atoms with Gasteiger partial charge in [0, 0.05) is 22.3 Å². The molecule has 21 heavy (non-hydrogen) atoms. The molecule has 0 unspecified atom stereocenters. The third-order valence-electron chi connectivity index (χ3n) is 2.44. The van der Waals surface area contributed by atoms with Crippen molar-refractivity contribution in [2.45, 2.75) is 0 Å². The summed E-state index contributed by atoms with van der Waals surface area (Å²) in [5.41, 5.74) is 5.10. The molecule has 0 aliphatic heterocycles. The average Bonchev–Trinajstić information content (AvgIpc) is 2.46. The minimum Gasteiger partial charge on any atom is -0.434 e. The van der Waals surface area contributed by atoms with Crippen LogP contribution in [0.2, 0.25) is 0 Å². The summed E-state index contributed by atoms with van der Waals surface area (Å²) < 4.78 is 6.15. The van der Waals surface area contributed by atoms with E-state index in [-0.39, 0.29) is 23.0 Å². The first kappa shape index (κ1) is 14.7. The molecule has 0 aliphatic carbocycles. The Labute approximate surface area is 127 Å². The Bertz CT molecular complexity index is 720. The van der Waals surface area contributed by atoms with E-state index in [2.05, 4.69) is 26.1 Å². The van der Waals surface area contributed by atoms with E-state index in [9.17, 15) is 10.1 Å². The van der Waals surface area contributed by atoms with Gasteiger partial charge in [0.25, 0.3) is 5.88 Å². The molecule has 2 rings (SSSR count). The predicted octanol–water partition coefficient (Wildman–Crippen LogP) is 2.64. The number of benzene rings is 1. The zero-order valence-corrected chi connectivity index (χ0v) is 12.0. The summed E-state index contributed by atoms with van der Waals surface area (Å²) in [7, 11) is 0. The molecule has 0 amide bonds. The summed E-state index contributed by atoms with van der Waals surface area (Å²) in [5.74, 6) is -0.0799. The first-order chi connectivity index (χ1) is 10.0. The van der Waals surface area contributed by atoms with Crippen LogP contribution in [0, 0.1) is 10.1 Å². The number of ether oxygens (including phenoxy) is 1. The van der Waals surface area contributed by atoms with Crippen LogP contribution < -0.4 is 10.5 Å². The molecule has 8 nitrogen and oxygen atoms in total. The van der Waals surface area contributed by atoms with E-state index < -0.39 is 4.92 Å².